The maximum Gasteiger partial charge on any atom is 0.229 e. The van der Waals surface area contributed by atoms with E-state index < -0.39 is 0 Å². The molecule has 3 aromatic rings. The molecule has 1 atom stereocenters. The van der Waals surface area contributed by atoms with E-state index in [1.165, 1.54) is 0 Å². The van der Waals surface area contributed by atoms with E-state index in [4.69, 9.17) is 10.2 Å². The van der Waals surface area contributed by atoms with Crippen LogP contribution in [0.4, 0.5) is 11.9 Å². The first-order chi connectivity index (χ1) is 11.2. The summed E-state index contributed by atoms with van der Waals surface area (Å²) in [5.41, 5.74) is 6.63. The monoisotopic (exact) mass is 329 g/mol. The molecule has 7 heteroatoms. The minimum Gasteiger partial charge on any atom is -0.459 e. The molecule has 0 spiro atoms. The Bertz CT molecular complexity index is 771. The van der Waals surface area contributed by atoms with Crippen LogP contribution in [0.3, 0.4) is 0 Å². The van der Waals surface area contributed by atoms with Crippen molar-refractivity contribution in [3.05, 3.63) is 36.1 Å². The van der Waals surface area contributed by atoms with E-state index in [0.717, 1.165) is 28.9 Å². The molecule has 2 heterocycles. The second-order valence-corrected chi connectivity index (χ2v) is 6.26. The van der Waals surface area contributed by atoms with Gasteiger partial charge >= 0.3 is 0 Å². The summed E-state index contributed by atoms with van der Waals surface area (Å²) in [6.07, 6.45) is 1.05. The third kappa shape index (κ3) is 3.73. The number of nitrogens with zero attached hydrogens (tertiary/aromatic N) is 3. The predicted octanol–water partition coefficient (Wildman–Crippen LogP) is 3.88. The molecule has 6 nitrogen and oxygen atoms in total. The summed E-state index contributed by atoms with van der Waals surface area (Å²) >= 11 is 1.57. The minimum absolute atomic E-state index is 0.0757. The molecular weight excluding hydrogens is 310 g/mol. The number of furan rings is 1. The van der Waals surface area contributed by atoms with Crippen LogP contribution in [0.5, 0.6) is 0 Å². The normalized spacial score (nSPS) is 12.4. The predicted molar refractivity (Wildman–Crippen MR) is 93.5 cm³/mol. The molecule has 3 N–H and O–H groups in total. The van der Waals surface area contributed by atoms with E-state index in [0.29, 0.717) is 11.1 Å². The molecule has 3 rings (SSSR count). The summed E-state index contributed by atoms with van der Waals surface area (Å²) in [6.45, 7) is 4.11. The third-order valence-corrected chi connectivity index (χ3v) is 4.34. The first-order valence-electron chi connectivity index (χ1n) is 7.55. The number of nitrogens with two attached hydrogens (primary N) is 1. The number of nitrogen functional groups attached to an aromatic ring is 1. The first kappa shape index (κ1) is 15.6. The highest BCUT2D eigenvalue weighted by Gasteiger charge is 2.14. The Hall–Kier alpha value is -2.28. The fourth-order valence-corrected chi connectivity index (χ4v) is 2.87. The van der Waals surface area contributed by atoms with Crippen molar-refractivity contribution >= 4 is 34.6 Å². The van der Waals surface area contributed by atoms with Crippen LogP contribution in [0.1, 0.15) is 32.1 Å². The van der Waals surface area contributed by atoms with Gasteiger partial charge < -0.3 is 15.5 Å². The average Bonchev–Trinajstić information content (AvgIpc) is 2.96. The molecule has 0 radical (unpaired) electrons. The van der Waals surface area contributed by atoms with Crippen LogP contribution in [0.15, 0.2) is 39.9 Å². The van der Waals surface area contributed by atoms with E-state index >= 15 is 0 Å². The molecule has 0 saturated heterocycles. The number of rotatable bonds is 6. The standard InChI is InChI=1S/C16H19N5OS/c1-3-8-23-16-20-14(17)19-15(21-16)18-10(2)13-9-11-6-4-5-7-12(11)22-13/h4-7,9-10H,3,8H2,1-2H3,(H3,17,18,19,20,21). The smallest absolute Gasteiger partial charge is 0.229 e. The molecule has 0 aliphatic rings. The van der Waals surface area contributed by atoms with Crippen molar-refractivity contribution in [2.75, 3.05) is 16.8 Å². The van der Waals surface area contributed by atoms with Crippen LogP contribution in [-0.4, -0.2) is 20.7 Å². The zero-order valence-electron chi connectivity index (χ0n) is 13.1. The van der Waals surface area contributed by atoms with Gasteiger partial charge in [-0.1, -0.05) is 36.9 Å². The number of thioether (sulfide) groups is 1. The van der Waals surface area contributed by atoms with Crippen LogP contribution in [0.2, 0.25) is 0 Å². The highest BCUT2D eigenvalue weighted by atomic mass is 32.2. The van der Waals surface area contributed by atoms with Gasteiger partial charge in [-0.15, -0.1) is 0 Å². The zero-order chi connectivity index (χ0) is 16.2. The lowest BCUT2D eigenvalue weighted by Gasteiger charge is -2.12. The van der Waals surface area contributed by atoms with Crippen molar-refractivity contribution in [2.24, 2.45) is 0 Å². The number of anilines is 2. The molecule has 0 amide bonds. The van der Waals surface area contributed by atoms with Crippen molar-refractivity contribution in [1.29, 1.82) is 0 Å². The van der Waals surface area contributed by atoms with E-state index in [1.807, 2.05) is 37.3 Å². The van der Waals surface area contributed by atoms with Gasteiger partial charge in [0.1, 0.15) is 11.3 Å². The quantitative estimate of drug-likeness (QED) is 0.663. The van der Waals surface area contributed by atoms with Gasteiger partial charge in [0.25, 0.3) is 0 Å². The Morgan fingerprint density at radius 3 is 2.87 bits per heavy atom. The lowest BCUT2D eigenvalue weighted by molar-refractivity contribution is 0.524. The van der Waals surface area contributed by atoms with Crippen molar-refractivity contribution in [1.82, 2.24) is 15.0 Å². The first-order valence-corrected chi connectivity index (χ1v) is 8.53. The number of aromatic nitrogens is 3. The van der Waals surface area contributed by atoms with Gasteiger partial charge in [0.15, 0.2) is 5.16 Å². The molecular formula is C16H19N5OS. The van der Waals surface area contributed by atoms with Gasteiger partial charge in [-0.2, -0.15) is 15.0 Å². The molecule has 0 saturated carbocycles. The molecule has 2 aromatic heterocycles. The van der Waals surface area contributed by atoms with Gasteiger partial charge in [0, 0.05) is 11.1 Å². The number of hydrogen-bond acceptors (Lipinski definition) is 7. The lowest BCUT2D eigenvalue weighted by atomic mass is 10.2. The summed E-state index contributed by atoms with van der Waals surface area (Å²) in [7, 11) is 0. The minimum atomic E-state index is -0.0757. The Labute approximate surface area is 138 Å². The third-order valence-electron chi connectivity index (χ3n) is 3.28. The second kappa shape index (κ2) is 6.87. The largest absolute Gasteiger partial charge is 0.459 e. The Balaban J connectivity index is 1.78. The van der Waals surface area contributed by atoms with Crippen LogP contribution in [0, 0.1) is 0 Å². The average molecular weight is 329 g/mol. The maximum atomic E-state index is 5.86. The van der Waals surface area contributed by atoms with Crippen molar-refractivity contribution in [3.63, 3.8) is 0 Å². The van der Waals surface area contributed by atoms with Crippen molar-refractivity contribution < 1.29 is 4.42 Å². The van der Waals surface area contributed by atoms with Gasteiger partial charge in [-0.05, 0) is 25.5 Å². The number of nitrogens with one attached hydrogen (secondary N) is 1. The number of hydrogen-bond donors (Lipinski definition) is 2. The summed E-state index contributed by atoms with van der Waals surface area (Å²) < 4.78 is 5.86. The second-order valence-electron chi connectivity index (χ2n) is 5.20. The van der Waals surface area contributed by atoms with Crippen LogP contribution in [-0.2, 0) is 0 Å². The molecule has 0 aliphatic carbocycles. The summed E-state index contributed by atoms with van der Waals surface area (Å²) in [4.78, 5) is 12.7. The van der Waals surface area contributed by atoms with Crippen molar-refractivity contribution in [2.45, 2.75) is 31.5 Å². The molecule has 0 fully saturated rings. The molecule has 120 valence electrons. The number of fused-ring (bicyclic) bond motifs is 1. The lowest BCUT2D eigenvalue weighted by Crippen LogP contribution is -2.11. The van der Waals surface area contributed by atoms with E-state index in [-0.39, 0.29) is 12.0 Å². The summed E-state index contributed by atoms with van der Waals surface area (Å²) in [5.74, 6) is 2.46. The molecule has 23 heavy (non-hydrogen) atoms. The van der Waals surface area contributed by atoms with E-state index in [9.17, 15) is 0 Å². The zero-order valence-corrected chi connectivity index (χ0v) is 13.9. The molecule has 0 aliphatic heterocycles. The molecule has 1 unspecified atom stereocenters. The highest BCUT2D eigenvalue weighted by molar-refractivity contribution is 7.99. The summed E-state index contributed by atoms with van der Waals surface area (Å²) in [6, 6.07) is 9.86. The Morgan fingerprint density at radius 1 is 1.26 bits per heavy atom. The SMILES string of the molecule is CCCSc1nc(N)nc(NC(C)c2cc3ccccc3o2)n1. The number of para-hydroxylation sites is 1. The fraction of sp³-hybridized carbons (Fsp3) is 0.312. The van der Waals surface area contributed by atoms with Gasteiger partial charge in [0.2, 0.25) is 11.9 Å². The van der Waals surface area contributed by atoms with Gasteiger partial charge in [0.05, 0.1) is 6.04 Å². The molecule has 0 bridgehead atoms. The fourth-order valence-electron chi connectivity index (χ4n) is 2.18. The maximum absolute atomic E-state index is 5.86. The van der Waals surface area contributed by atoms with E-state index in [2.05, 4.69) is 27.2 Å². The Morgan fingerprint density at radius 2 is 2.09 bits per heavy atom. The highest BCUT2D eigenvalue weighted by Crippen LogP contribution is 2.26. The topological polar surface area (TPSA) is 89.9 Å². The van der Waals surface area contributed by atoms with Crippen LogP contribution >= 0.6 is 11.8 Å². The van der Waals surface area contributed by atoms with Gasteiger partial charge in [-0.3, -0.25) is 0 Å². The number of benzene rings is 1. The Kier molecular flexibility index (Phi) is 4.66. The summed E-state index contributed by atoms with van der Waals surface area (Å²) in [5, 5.41) is 4.94. The van der Waals surface area contributed by atoms with Gasteiger partial charge in [-0.25, -0.2) is 0 Å². The van der Waals surface area contributed by atoms with Crippen LogP contribution < -0.4 is 11.1 Å². The van der Waals surface area contributed by atoms with E-state index in [1.54, 1.807) is 11.8 Å². The van der Waals surface area contributed by atoms with Crippen LogP contribution in [0.25, 0.3) is 11.0 Å². The molecule has 1 aromatic carbocycles. The van der Waals surface area contributed by atoms with Crippen molar-refractivity contribution in [3.8, 4) is 0 Å².